The van der Waals surface area contributed by atoms with Crippen molar-refractivity contribution in [3.05, 3.63) is 101 Å². The van der Waals surface area contributed by atoms with E-state index in [1.165, 1.54) is 0 Å². The maximum absolute atomic E-state index is 13.6. The Bertz CT molecular complexity index is 1280. The quantitative estimate of drug-likeness (QED) is 0.303. The van der Waals surface area contributed by atoms with E-state index in [-0.39, 0.29) is 17.9 Å². The lowest BCUT2D eigenvalue weighted by Gasteiger charge is -2.26. The number of hydrogen-bond donors (Lipinski definition) is 4. The molecule has 0 spiro atoms. The van der Waals surface area contributed by atoms with E-state index in [1.54, 1.807) is 12.1 Å². The topological polar surface area (TPSA) is 99.7 Å². The lowest BCUT2D eigenvalue weighted by Crippen LogP contribution is -2.49. The van der Waals surface area contributed by atoms with Crippen LogP contribution in [0.5, 0.6) is 5.75 Å². The number of benzene rings is 3. The summed E-state index contributed by atoms with van der Waals surface area (Å²) in [5.41, 5.74) is 3.65. The van der Waals surface area contributed by atoms with Gasteiger partial charge in [0.1, 0.15) is 5.75 Å². The molecule has 2 aliphatic rings. The van der Waals surface area contributed by atoms with Gasteiger partial charge in [0.05, 0.1) is 24.8 Å². The zero-order valence-electron chi connectivity index (χ0n) is 22.4. The van der Waals surface area contributed by atoms with E-state index in [0.717, 1.165) is 36.0 Å². The van der Waals surface area contributed by atoms with Crippen molar-refractivity contribution >= 4 is 11.8 Å². The van der Waals surface area contributed by atoms with Crippen molar-refractivity contribution in [1.82, 2.24) is 16.0 Å². The summed E-state index contributed by atoms with van der Waals surface area (Å²) in [6, 6.07) is 22.7. The van der Waals surface area contributed by atoms with E-state index in [1.807, 2.05) is 67.6 Å². The minimum Gasteiger partial charge on any atom is -0.493 e. The summed E-state index contributed by atoms with van der Waals surface area (Å²) in [7, 11) is 0. The van der Waals surface area contributed by atoms with Crippen molar-refractivity contribution in [1.29, 1.82) is 0 Å². The molecule has 7 heteroatoms. The van der Waals surface area contributed by atoms with Crippen LogP contribution in [0.4, 0.5) is 0 Å². The van der Waals surface area contributed by atoms with Crippen molar-refractivity contribution in [3.63, 3.8) is 0 Å². The first-order chi connectivity index (χ1) is 19.0. The second kappa shape index (κ2) is 12.5. The SMILES string of the molecule is C[C@@H](NC(=O)c1cc(C(=O)N[C@@H](Cc2ccccc2)[C@H](O)CNC2CC2)cc2c1CCCO2)c1ccccc1. The van der Waals surface area contributed by atoms with Gasteiger partial charge in [-0.2, -0.15) is 0 Å². The highest BCUT2D eigenvalue weighted by Crippen LogP contribution is 2.30. The van der Waals surface area contributed by atoms with Gasteiger partial charge in [0.15, 0.2) is 0 Å². The molecule has 1 aliphatic heterocycles. The molecule has 7 nitrogen and oxygen atoms in total. The van der Waals surface area contributed by atoms with Crippen LogP contribution in [-0.2, 0) is 12.8 Å². The molecule has 0 aromatic heterocycles. The van der Waals surface area contributed by atoms with Gasteiger partial charge in [-0.1, -0.05) is 60.7 Å². The molecule has 204 valence electrons. The zero-order valence-corrected chi connectivity index (χ0v) is 22.4. The fraction of sp³-hybridized carbons (Fsp3) is 0.375. The molecular weight excluding hydrogens is 490 g/mol. The monoisotopic (exact) mass is 527 g/mol. The number of carbonyl (C=O) groups is 2. The van der Waals surface area contributed by atoms with Gasteiger partial charge in [0, 0.05) is 29.3 Å². The van der Waals surface area contributed by atoms with Gasteiger partial charge in [0.2, 0.25) is 0 Å². The van der Waals surface area contributed by atoms with Crippen LogP contribution in [0.15, 0.2) is 72.8 Å². The highest BCUT2D eigenvalue weighted by Gasteiger charge is 2.28. The molecule has 1 saturated carbocycles. The molecule has 39 heavy (non-hydrogen) atoms. The predicted molar refractivity (Wildman–Crippen MR) is 151 cm³/mol. The van der Waals surface area contributed by atoms with Crippen LogP contribution in [-0.4, -0.2) is 48.3 Å². The second-order valence-corrected chi connectivity index (χ2v) is 10.6. The summed E-state index contributed by atoms with van der Waals surface area (Å²) < 4.78 is 5.90. The van der Waals surface area contributed by atoms with Crippen molar-refractivity contribution in [2.45, 2.75) is 63.3 Å². The Morgan fingerprint density at radius 3 is 2.41 bits per heavy atom. The smallest absolute Gasteiger partial charge is 0.252 e. The van der Waals surface area contributed by atoms with E-state index < -0.39 is 12.1 Å². The summed E-state index contributed by atoms with van der Waals surface area (Å²) in [6.07, 6.45) is 3.48. The number of fused-ring (bicyclic) bond motifs is 1. The highest BCUT2D eigenvalue weighted by molar-refractivity contribution is 6.02. The summed E-state index contributed by atoms with van der Waals surface area (Å²) in [6.45, 7) is 2.89. The van der Waals surface area contributed by atoms with E-state index in [9.17, 15) is 14.7 Å². The molecule has 1 heterocycles. The summed E-state index contributed by atoms with van der Waals surface area (Å²) >= 11 is 0. The molecular formula is C32H37N3O4. The van der Waals surface area contributed by atoms with Crippen LogP contribution in [0.1, 0.15) is 69.6 Å². The Labute approximate surface area is 230 Å². The van der Waals surface area contributed by atoms with Gasteiger partial charge in [-0.25, -0.2) is 0 Å². The van der Waals surface area contributed by atoms with Crippen LogP contribution in [0.2, 0.25) is 0 Å². The van der Waals surface area contributed by atoms with Crippen LogP contribution in [0.25, 0.3) is 0 Å². The molecule has 3 aromatic carbocycles. The molecule has 3 atom stereocenters. The van der Waals surface area contributed by atoms with Crippen molar-refractivity contribution in [2.75, 3.05) is 13.2 Å². The van der Waals surface area contributed by atoms with Crippen LogP contribution < -0.4 is 20.7 Å². The molecule has 0 saturated heterocycles. The first-order valence-corrected chi connectivity index (χ1v) is 13.9. The fourth-order valence-electron chi connectivity index (χ4n) is 5.02. The Balaban J connectivity index is 1.37. The molecule has 3 aromatic rings. The van der Waals surface area contributed by atoms with Crippen molar-refractivity contribution in [3.8, 4) is 5.75 Å². The Kier molecular flexibility index (Phi) is 8.59. The lowest BCUT2D eigenvalue weighted by atomic mass is 9.95. The van der Waals surface area contributed by atoms with E-state index in [0.29, 0.717) is 48.9 Å². The summed E-state index contributed by atoms with van der Waals surface area (Å²) in [5, 5.41) is 20.5. The van der Waals surface area contributed by atoms with Gasteiger partial charge >= 0.3 is 0 Å². The fourth-order valence-corrected chi connectivity index (χ4v) is 5.02. The number of carbonyl (C=O) groups excluding carboxylic acids is 2. The number of rotatable bonds is 11. The van der Waals surface area contributed by atoms with E-state index in [4.69, 9.17) is 4.74 Å². The summed E-state index contributed by atoms with van der Waals surface area (Å²) in [4.78, 5) is 27.0. The third kappa shape index (κ3) is 7.05. The normalized spacial score (nSPS) is 16.8. The van der Waals surface area contributed by atoms with Gasteiger partial charge in [0.25, 0.3) is 11.8 Å². The van der Waals surface area contributed by atoms with Gasteiger partial charge in [-0.05, 0) is 62.3 Å². The average molecular weight is 528 g/mol. The van der Waals surface area contributed by atoms with E-state index in [2.05, 4.69) is 16.0 Å². The first-order valence-electron chi connectivity index (χ1n) is 13.9. The largest absolute Gasteiger partial charge is 0.493 e. The van der Waals surface area contributed by atoms with E-state index >= 15 is 0 Å². The Morgan fingerprint density at radius 1 is 0.974 bits per heavy atom. The zero-order chi connectivity index (χ0) is 27.2. The van der Waals surface area contributed by atoms with Gasteiger partial charge in [-0.15, -0.1) is 0 Å². The molecule has 0 bridgehead atoms. The number of nitrogens with one attached hydrogen (secondary N) is 3. The molecule has 5 rings (SSSR count). The van der Waals surface area contributed by atoms with Gasteiger partial charge < -0.3 is 25.8 Å². The number of aliphatic hydroxyl groups excluding tert-OH is 1. The number of ether oxygens (including phenoxy) is 1. The van der Waals surface area contributed by atoms with Crippen LogP contribution in [0, 0.1) is 0 Å². The highest BCUT2D eigenvalue weighted by atomic mass is 16.5. The lowest BCUT2D eigenvalue weighted by molar-refractivity contribution is 0.0829. The number of aliphatic hydroxyl groups is 1. The molecule has 1 aliphatic carbocycles. The molecule has 2 amide bonds. The maximum Gasteiger partial charge on any atom is 0.252 e. The minimum atomic E-state index is -0.766. The summed E-state index contributed by atoms with van der Waals surface area (Å²) in [5.74, 6) is -0.0113. The van der Waals surface area contributed by atoms with Crippen molar-refractivity contribution in [2.24, 2.45) is 0 Å². The molecule has 1 fully saturated rings. The van der Waals surface area contributed by atoms with Crippen LogP contribution in [0.3, 0.4) is 0 Å². The number of amides is 2. The second-order valence-electron chi connectivity index (χ2n) is 10.6. The Morgan fingerprint density at radius 2 is 1.69 bits per heavy atom. The molecule has 0 unspecified atom stereocenters. The first kappa shape index (κ1) is 26.9. The minimum absolute atomic E-state index is 0.194. The van der Waals surface area contributed by atoms with Crippen molar-refractivity contribution < 1.29 is 19.4 Å². The molecule has 4 N–H and O–H groups in total. The average Bonchev–Trinajstić information content (AvgIpc) is 3.80. The maximum atomic E-state index is 13.6. The molecule has 0 radical (unpaired) electrons. The standard InChI is InChI=1S/C32H37N3O4/c1-21(23-11-6-3-7-12-23)34-32(38)27-18-24(19-30-26(27)13-8-16-39-30)31(37)35-28(17-22-9-4-2-5-10-22)29(36)20-33-25-14-15-25/h2-7,9-12,18-19,21,25,28-29,33,36H,8,13-17,20H2,1H3,(H,34,38)(H,35,37)/t21-,28+,29-/m1/s1. The Hall–Kier alpha value is -3.68. The predicted octanol–water partition coefficient (Wildman–Crippen LogP) is 3.96. The third-order valence-electron chi connectivity index (χ3n) is 7.46. The third-order valence-corrected chi connectivity index (χ3v) is 7.46. The van der Waals surface area contributed by atoms with Gasteiger partial charge in [-0.3, -0.25) is 9.59 Å². The number of hydrogen-bond acceptors (Lipinski definition) is 5. The van der Waals surface area contributed by atoms with Crippen LogP contribution >= 0.6 is 0 Å².